The van der Waals surface area contributed by atoms with Crippen LogP contribution in [0.5, 0.6) is 0 Å². The zero-order valence-electron chi connectivity index (χ0n) is 15.7. The largest absolute Gasteiger partial charge is 0.334 e. The SMILES string of the molecule is Cc1ccc(NC(=O)N2CCC[C@H](c3nccn3CC3CC3)C2)cc1C. The van der Waals surface area contributed by atoms with Gasteiger partial charge in [0.1, 0.15) is 5.82 Å². The van der Waals surface area contributed by atoms with Crippen LogP contribution in [0.2, 0.25) is 0 Å². The van der Waals surface area contributed by atoms with E-state index in [-0.39, 0.29) is 6.03 Å². The van der Waals surface area contributed by atoms with Gasteiger partial charge in [-0.15, -0.1) is 0 Å². The first-order chi connectivity index (χ1) is 12.6. The summed E-state index contributed by atoms with van der Waals surface area (Å²) >= 11 is 0. The summed E-state index contributed by atoms with van der Waals surface area (Å²) in [5.74, 6) is 2.32. The Kier molecular flexibility index (Phi) is 4.70. The highest BCUT2D eigenvalue weighted by Gasteiger charge is 2.29. The van der Waals surface area contributed by atoms with E-state index in [1.807, 2.05) is 23.2 Å². The average molecular weight is 352 g/mol. The van der Waals surface area contributed by atoms with Gasteiger partial charge in [0.2, 0.25) is 0 Å². The Labute approximate surface area is 155 Å². The number of carbonyl (C=O) groups is 1. The number of benzene rings is 1. The second-order valence-electron chi connectivity index (χ2n) is 7.90. The van der Waals surface area contributed by atoms with Crippen LogP contribution in [0, 0.1) is 19.8 Å². The van der Waals surface area contributed by atoms with E-state index in [9.17, 15) is 4.79 Å². The van der Waals surface area contributed by atoms with Crippen molar-refractivity contribution in [2.75, 3.05) is 18.4 Å². The second-order valence-corrected chi connectivity index (χ2v) is 7.90. The number of aryl methyl sites for hydroxylation is 2. The van der Waals surface area contributed by atoms with Crippen LogP contribution >= 0.6 is 0 Å². The summed E-state index contributed by atoms with van der Waals surface area (Å²) in [4.78, 5) is 19.3. The van der Waals surface area contributed by atoms with E-state index in [4.69, 9.17) is 0 Å². The predicted molar refractivity (Wildman–Crippen MR) is 103 cm³/mol. The minimum Gasteiger partial charge on any atom is -0.334 e. The average Bonchev–Trinajstić information content (AvgIpc) is 3.33. The first-order valence-electron chi connectivity index (χ1n) is 9.74. The molecule has 2 aliphatic rings. The summed E-state index contributed by atoms with van der Waals surface area (Å²) in [6.07, 6.45) is 8.82. The number of amides is 2. The Balaban J connectivity index is 1.42. The molecule has 1 saturated heterocycles. The van der Waals surface area contributed by atoms with Gasteiger partial charge in [0.05, 0.1) is 0 Å². The molecule has 0 bridgehead atoms. The van der Waals surface area contributed by atoms with Crippen molar-refractivity contribution in [1.82, 2.24) is 14.5 Å². The predicted octanol–water partition coefficient (Wildman–Crippen LogP) is 4.32. The van der Waals surface area contributed by atoms with Crippen molar-refractivity contribution in [3.05, 3.63) is 47.5 Å². The maximum absolute atomic E-state index is 12.7. The van der Waals surface area contributed by atoms with Crippen molar-refractivity contribution in [3.63, 3.8) is 0 Å². The summed E-state index contributed by atoms with van der Waals surface area (Å²) in [5.41, 5.74) is 3.31. The molecule has 5 nitrogen and oxygen atoms in total. The summed E-state index contributed by atoms with van der Waals surface area (Å²) in [5, 5.41) is 3.06. The van der Waals surface area contributed by atoms with Crippen LogP contribution in [0.4, 0.5) is 10.5 Å². The Morgan fingerprint density at radius 2 is 2.08 bits per heavy atom. The molecule has 1 aromatic carbocycles. The fourth-order valence-electron chi connectivity index (χ4n) is 3.81. The normalized spacial score (nSPS) is 20.2. The molecule has 2 fully saturated rings. The molecule has 1 atom stereocenters. The fraction of sp³-hybridized carbons (Fsp3) is 0.524. The summed E-state index contributed by atoms with van der Waals surface area (Å²) in [7, 11) is 0. The second kappa shape index (κ2) is 7.14. The lowest BCUT2D eigenvalue weighted by Crippen LogP contribution is -2.42. The molecule has 2 amide bonds. The number of urea groups is 1. The van der Waals surface area contributed by atoms with Crippen molar-refractivity contribution < 1.29 is 4.79 Å². The van der Waals surface area contributed by atoms with Crippen LogP contribution in [0.25, 0.3) is 0 Å². The fourth-order valence-corrected chi connectivity index (χ4v) is 3.81. The molecular weight excluding hydrogens is 324 g/mol. The van der Waals surface area contributed by atoms with Gasteiger partial charge in [0, 0.05) is 43.6 Å². The van der Waals surface area contributed by atoms with E-state index in [2.05, 4.69) is 41.0 Å². The van der Waals surface area contributed by atoms with Crippen LogP contribution in [0.3, 0.4) is 0 Å². The van der Waals surface area contributed by atoms with Gasteiger partial charge in [0.15, 0.2) is 0 Å². The standard InChI is InChI=1S/C21H28N4O/c1-15-5-8-19(12-16(15)2)23-21(26)25-10-3-4-18(14-25)20-22-9-11-24(20)13-17-6-7-17/h5,8-9,11-12,17-18H,3-4,6-7,10,13-14H2,1-2H3,(H,23,26)/t18-/m0/s1. The number of anilines is 1. The number of nitrogens with one attached hydrogen (secondary N) is 1. The van der Waals surface area contributed by atoms with Crippen molar-refractivity contribution in [2.24, 2.45) is 5.92 Å². The third-order valence-electron chi connectivity index (χ3n) is 5.73. The monoisotopic (exact) mass is 352 g/mol. The number of nitrogens with zero attached hydrogens (tertiary/aromatic N) is 3. The van der Waals surface area contributed by atoms with Gasteiger partial charge < -0.3 is 14.8 Å². The number of rotatable bonds is 4. The Morgan fingerprint density at radius 3 is 2.85 bits per heavy atom. The smallest absolute Gasteiger partial charge is 0.321 e. The Bertz CT molecular complexity index is 793. The molecule has 2 aromatic rings. The molecule has 2 heterocycles. The van der Waals surface area contributed by atoms with Crippen molar-refractivity contribution >= 4 is 11.7 Å². The topological polar surface area (TPSA) is 50.2 Å². The molecule has 0 unspecified atom stereocenters. The third-order valence-corrected chi connectivity index (χ3v) is 5.73. The van der Waals surface area contributed by atoms with E-state index in [0.29, 0.717) is 5.92 Å². The first-order valence-corrected chi connectivity index (χ1v) is 9.74. The molecule has 138 valence electrons. The molecule has 0 spiro atoms. The van der Waals surface area contributed by atoms with Gasteiger partial charge in [-0.25, -0.2) is 9.78 Å². The van der Waals surface area contributed by atoms with E-state index in [0.717, 1.165) is 49.9 Å². The van der Waals surface area contributed by atoms with Crippen LogP contribution in [-0.4, -0.2) is 33.6 Å². The molecule has 1 aromatic heterocycles. The first kappa shape index (κ1) is 17.1. The zero-order chi connectivity index (χ0) is 18.1. The van der Waals surface area contributed by atoms with E-state index >= 15 is 0 Å². The van der Waals surface area contributed by atoms with Gasteiger partial charge in [0.25, 0.3) is 0 Å². The quantitative estimate of drug-likeness (QED) is 0.891. The van der Waals surface area contributed by atoms with Gasteiger partial charge in [-0.1, -0.05) is 6.07 Å². The number of imidazole rings is 1. The molecule has 1 aliphatic heterocycles. The lowest BCUT2D eigenvalue weighted by molar-refractivity contribution is 0.190. The molecule has 5 heteroatoms. The summed E-state index contributed by atoms with van der Waals surface area (Å²) in [6, 6.07) is 6.07. The minimum absolute atomic E-state index is 0.00162. The van der Waals surface area contributed by atoms with Gasteiger partial charge in [-0.2, -0.15) is 0 Å². The lowest BCUT2D eigenvalue weighted by Gasteiger charge is -2.32. The third kappa shape index (κ3) is 3.76. The number of hydrogen-bond acceptors (Lipinski definition) is 2. The van der Waals surface area contributed by atoms with Crippen molar-refractivity contribution in [3.8, 4) is 0 Å². The van der Waals surface area contributed by atoms with Crippen molar-refractivity contribution in [1.29, 1.82) is 0 Å². The Hall–Kier alpha value is -2.30. The molecule has 0 radical (unpaired) electrons. The Morgan fingerprint density at radius 1 is 1.23 bits per heavy atom. The van der Waals surface area contributed by atoms with Crippen molar-refractivity contribution in [2.45, 2.75) is 52.0 Å². The van der Waals surface area contributed by atoms with E-state index in [1.165, 1.54) is 24.0 Å². The molecular formula is C21H28N4O. The maximum Gasteiger partial charge on any atom is 0.321 e. The maximum atomic E-state index is 12.7. The number of aromatic nitrogens is 2. The minimum atomic E-state index is -0.00162. The van der Waals surface area contributed by atoms with E-state index in [1.54, 1.807) is 0 Å². The number of hydrogen-bond donors (Lipinski definition) is 1. The highest BCUT2D eigenvalue weighted by atomic mass is 16.2. The molecule has 1 aliphatic carbocycles. The number of carbonyl (C=O) groups excluding carboxylic acids is 1. The van der Waals surface area contributed by atoms with E-state index < -0.39 is 0 Å². The molecule has 26 heavy (non-hydrogen) atoms. The van der Waals surface area contributed by atoms with Crippen LogP contribution in [-0.2, 0) is 6.54 Å². The van der Waals surface area contributed by atoms with Gasteiger partial charge >= 0.3 is 6.03 Å². The highest BCUT2D eigenvalue weighted by molar-refractivity contribution is 5.89. The van der Waals surface area contributed by atoms with Crippen LogP contribution < -0.4 is 5.32 Å². The molecule has 1 saturated carbocycles. The zero-order valence-corrected chi connectivity index (χ0v) is 15.7. The molecule has 4 rings (SSSR count). The molecule has 1 N–H and O–H groups in total. The number of piperidine rings is 1. The highest BCUT2D eigenvalue weighted by Crippen LogP contribution is 2.33. The van der Waals surface area contributed by atoms with Gasteiger partial charge in [-0.05, 0) is 68.7 Å². The summed E-state index contributed by atoms with van der Waals surface area (Å²) < 4.78 is 2.31. The summed E-state index contributed by atoms with van der Waals surface area (Å²) in [6.45, 7) is 6.80. The number of likely N-dealkylation sites (tertiary alicyclic amines) is 1. The van der Waals surface area contributed by atoms with Crippen LogP contribution in [0.15, 0.2) is 30.6 Å². The van der Waals surface area contributed by atoms with Crippen LogP contribution in [0.1, 0.15) is 48.6 Å². The van der Waals surface area contributed by atoms with Gasteiger partial charge in [-0.3, -0.25) is 0 Å². The lowest BCUT2D eigenvalue weighted by atomic mass is 9.97.